The summed E-state index contributed by atoms with van der Waals surface area (Å²) in [6, 6.07) is 29.6. The lowest BCUT2D eigenvalue weighted by Crippen LogP contribution is -2.35. The van der Waals surface area contributed by atoms with E-state index in [2.05, 4.69) is 77.7 Å². The molecule has 0 fully saturated rings. The number of fused-ring (bicyclic) bond motifs is 1. The summed E-state index contributed by atoms with van der Waals surface area (Å²) < 4.78 is 0. The molecule has 112 valence electrons. The minimum atomic E-state index is -0.494. The highest BCUT2D eigenvalue weighted by Crippen LogP contribution is 2.45. The van der Waals surface area contributed by atoms with Crippen LogP contribution in [0.4, 0.5) is 5.69 Å². The van der Waals surface area contributed by atoms with Gasteiger partial charge in [-0.2, -0.15) is 0 Å². The Labute approximate surface area is 136 Å². The first-order chi connectivity index (χ1) is 11.3. The largest absolute Gasteiger partial charge is 0.335 e. The first-order valence-corrected chi connectivity index (χ1v) is 7.81. The highest BCUT2D eigenvalue weighted by molar-refractivity contribution is 5.86. The number of para-hydroxylation sites is 1. The van der Waals surface area contributed by atoms with Crippen LogP contribution in [0, 0.1) is 0 Å². The van der Waals surface area contributed by atoms with Gasteiger partial charge >= 0.3 is 0 Å². The van der Waals surface area contributed by atoms with E-state index in [9.17, 15) is 0 Å². The predicted octanol–water partition coefficient (Wildman–Crippen LogP) is 4.46. The van der Waals surface area contributed by atoms with Gasteiger partial charge in [0.1, 0.15) is 5.54 Å². The second-order valence-electron chi connectivity index (χ2n) is 5.82. The molecular formula is C21H18N2. The fraction of sp³-hybridized carbons (Fsp3) is 0.0952. The minimum absolute atomic E-state index is 0.494. The van der Waals surface area contributed by atoms with Crippen molar-refractivity contribution in [3.8, 4) is 0 Å². The van der Waals surface area contributed by atoms with Crippen molar-refractivity contribution in [1.29, 1.82) is 0 Å². The van der Waals surface area contributed by atoms with Gasteiger partial charge in [0.05, 0.1) is 6.34 Å². The summed E-state index contributed by atoms with van der Waals surface area (Å²) in [7, 11) is 2.04. The van der Waals surface area contributed by atoms with Crippen molar-refractivity contribution in [3.05, 3.63) is 102 Å². The third-order valence-electron chi connectivity index (χ3n) is 4.48. The van der Waals surface area contributed by atoms with Gasteiger partial charge in [-0.1, -0.05) is 78.9 Å². The Morgan fingerprint density at radius 3 is 1.83 bits per heavy atom. The lowest BCUT2D eigenvalue weighted by atomic mass is 9.76. The number of rotatable bonds is 2. The summed E-state index contributed by atoms with van der Waals surface area (Å²) in [5, 5.41) is 0. The van der Waals surface area contributed by atoms with Gasteiger partial charge < -0.3 is 4.90 Å². The maximum atomic E-state index is 5.02. The standard InChI is InChI=1S/C21H18N2/c1-23-16-22-21(17-10-4-2-5-11-17,18-12-6-3-7-13-18)19-14-8-9-15-20(19)23/h2-16H,1H3. The molecule has 1 aliphatic rings. The summed E-state index contributed by atoms with van der Waals surface area (Å²) >= 11 is 0. The second-order valence-corrected chi connectivity index (χ2v) is 5.82. The fourth-order valence-corrected chi connectivity index (χ4v) is 3.38. The monoisotopic (exact) mass is 298 g/mol. The molecule has 0 aliphatic carbocycles. The molecule has 0 aromatic heterocycles. The minimum Gasteiger partial charge on any atom is -0.335 e. The van der Waals surface area contributed by atoms with E-state index in [4.69, 9.17) is 4.99 Å². The quantitative estimate of drug-likeness (QED) is 0.682. The van der Waals surface area contributed by atoms with Gasteiger partial charge in [-0.3, -0.25) is 4.99 Å². The van der Waals surface area contributed by atoms with Gasteiger partial charge in [0.15, 0.2) is 0 Å². The van der Waals surface area contributed by atoms with Crippen molar-refractivity contribution >= 4 is 12.0 Å². The molecule has 3 aromatic carbocycles. The molecular weight excluding hydrogens is 280 g/mol. The van der Waals surface area contributed by atoms with Crippen molar-refractivity contribution in [1.82, 2.24) is 0 Å². The Balaban J connectivity index is 2.08. The lowest BCUT2D eigenvalue weighted by Gasteiger charge is -2.38. The molecule has 1 aliphatic heterocycles. The van der Waals surface area contributed by atoms with Crippen molar-refractivity contribution in [2.24, 2.45) is 4.99 Å². The van der Waals surface area contributed by atoms with Gasteiger partial charge in [0.25, 0.3) is 0 Å². The fourth-order valence-electron chi connectivity index (χ4n) is 3.38. The Kier molecular flexibility index (Phi) is 3.23. The second kappa shape index (κ2) is 5.40. The highest BCUT2D eigenvalue weighted by atomic mass is 15.2. The number of hydrogen-bond donors (Lipinski definition) is 0. The molecule has 0 amide bonds. The predicted molar refractivity (Wildman–Crippen MR) is 96.1 cm³/mol. The molecule has 0 atom stereocenters. The van der Waals surface area contributed by atoms with Crippen LogP contribution < -0.4 is 4.90 Å². The third kappa shape index (κ3) is 2.07. The SMILES string of the molecule is CN1C=NC(c2ccccc2)(c2ccccc2)c2ccccc21. The topological polar surface area (TPSA) is 15.6 Å². The van der Waals surface area contributed by atoms with E-state index in [1.54, 1.807) is 0 Å². The number of hydrogen-bond acceptors (Lipinski definition) is 2. The number of nitrogens with zero attached hydrogens (tertiary/aromatic N) is 2. The highest BCUT2D eigenvalue weighted by Gasteiger charge is 2.39. The Hall–Kier alpha value is -2.87. The van der Waals surface area contributed by atoms with Gasteiger partial charge in [-0.15, -0.1) is 0 Å². The van der Waals surface area contributed by atoms with Crippen LogP contribution in [0.2, 0.25) is 0 Å². The molecule has 0 bridgehead atoms. The number of benzene rings is 3. The molecule has 0 N–H and O–H groups in total. The van der Waals surface area contributed by atoms with Crippen LogP contribution in [0.1, 0.15) is 16.7 Å². The van der Waals surface area contributed by atoms with Gasteiger partial charge in [-0.25, -0.2) is 0 Å². The van der Waals surface area contributed by atoms with Crippen molar-refractivity contribution in [2.75, 3.05) is 11.9 Å². The van der Waals surface area contributed by atoms with Crippen LogP contribution in [0.3, 0.4) is 0 Å². The third-order valence-corrected chi connectivity index (χ3v) is 4.48. The van der Waals surface area contributed by atoms with Crippen LogP contribution in [0.25, 0.3) is 0 Å². The first kappa shape index (κ1) is 13.8. The summed E-state index contributed by atoms with van der Waals surface area (Å²) in [5.74, 6) is 0. The summed E-state index contributed by atoms with van der Waals surface area (Å²) in [6.45, 7) is 0. The van der Waals surface area contributed by atoms with Crippen molar-refractivity contribution < 1.29 is 0 Å². The van der Waals surface area contributed by atoms with E-state index < -0.39 is 5.54 Å². The molecule has 2 heteroatoms. The zero-order valence-electron chi connectivity index (χ0n) is 13.1. The molecule has 3 aromatic rings. The van der Waals surface area contributed by atoms with Gasteiger partial charge in [0.2, 0.25) is 0 Å². The molecule has 0 radical (unpaired) electrons. The zero-order valence-corrected chi connectivity index (χ0v) is 13.1. The van der Waals surface area contributed by atoms with E-state index in [1.807, 2.05) is 25.5 Å². The smallest absolute Gasteiger partial charge is 0.139 e. The van der Waals surface area contributed by atoms with Crippen LogP contribution in [0.5, 0.6) is 0 Å². The van der Waals surface area contributed by atoms with Crippen LogP contribution in [-0.4, -0.2) is 13.4 Å². The Bertz CT molecular complexity index is 798. The van der Waals surface area contributed by atoms with Gasteiger partial charge in [0, 0.05) is 18.3 Å². The average Bonchev–Trinajstić information content (AvgIpc) is 2.64. The number of anilines is 1. The molecule has 0 saturated carbocycles. The van der Waals surface area contributed by atoms with Gasteiger partial charge in [-0.05, 0) is 17.2 Å². The Morgan fingerprint density at radius 2 is 1.22 bits per heavy atom. The molecule has 0 saturated heterocycles. The molecule has 0 spiro atoms. The van der Waals surface area contributed by atoms with E-state index in [0.717, 1.165) is 0 Å². The normalized spacial score (nSPS) is 15.3. The van der Waals surface area contributed by atoms with E-state index in [1.165, 1.54) is 22.4 Å². The molecule has 2 nitrogen and oxygen atoms in total. The van der Waals surface area contributed by atoms with Crippen LogP contribution >= 0.6 is 0 Å². The van der Waals surface area contributed by atoms with Crippen molar-refractivity contribution in [3.63, 3.8) is 0 Å². The average molecular weight is 298 g/mol. The molecule has 4 rings (SSSR count). The zero-order chi connectivity index (χ0) is 15.7. The lowest BCUT2D eigenvalue weighted by molar-refractivity contribution is 0.649. The molecule has 0 unspecified atom stereocenters. The van der Waals surface area contributed by atoms with E-state index in [-0.39, 0.29) is 0 Å². The van der Waals surface area contributed by atoms with Crippen LogP contribution in [-0.2, 0) is 5.54 Å². The van der Waals surface area contributed by atoms with Crippen molar-refractivity contribution in [2.45, 2.75) is 5.54 Å². The summed E-state index contributed by atoms with van der Waals surface area (Å²) in [4.78, 5) is 7.11. The number of aliphatic imine (C=N–C) groups is 1. The summed E-state index contributed by atoms with van der Waals surface area (Å²) in [5.41, 5.74) is 4.27. The maximum Gasteiger partial charge on any atom is 0.139 e. The molecule has 1 heterocycles. The maximum absolute atomic E-state index is 5.02. The Morgan fingerprint density at radius 1 is 0.696 bits per heavy atom. The first-order valence-electron chi connectivity index (χ1n) is 7.81. The molecule has 23 heavy (non-hydrogen) atoms. The summed E-state index contributed by atoms with van der Waals surface area (Å²) in [6.07, 6.45) is 1.93. The van der Waals surface area contributed by atoms with E-state index in [0.29, 0.717) is 0 Å². The van der Waals surface area contributed by atoms with E-state index >= 15 is 0 Å². The van der Waals surface area contributed by atoms with Crippen LogP contribution in [0.15, 0.2) is 89.9 Å².